The highest BCUT2D eigenvalue weighted by molar-refractivity contribution is 5.80. The van der Waals surface area contributed by atoms with Crippen molar-refractivity contribution in [3.63, 3.8) is 0 Å². The molecule has 2 rings (SSSR count). The van der Waals surface area contributed by atoms with Crippen LogP contribution in [0.2, 0.25) is 0 Å². The Morgan fingerprint density at radius 3 is 2.55 bits per heavy atom. The zero-order valence-electron chi connectivity index (χ0n) is 9.85. The first kappa shape index (κ1) is 13.7. The molecule has 0 bridgehead atoms. The number of aromatic amines is 1. The second-order valence-electron chi connectivity index (χ2n) is 3.66. The number of benzene rings is 1. The molecule has 0 fully saturated rings. The van der Waals surface area contributed by atoms with Crippen LogP contribution >= 0.6 is 0 Å². The second kappa shape index (κ2) is 5.51. The van der Waals surface area contributed by atoms with Crippen molar-refractivity contribution in [2.45, 2.75) is 6.18 Å². The fourth-order valence-corrected chi connectivity index (χ4v) is 1.30. The first-order chi connectivity index (χ1) is 9.45. The smallest absolute Gasteiger partial charge is 0.260 e. The Morgan fingerprint density at radius 2 is 1.95 bits per heavy atom. The van der Waals surface area contributed by atoms with E-state index in [1.807, 2.05) is 0 Å². The van der Waals surface area contributed by atoms with Crippen molar-refractivity contribution in [3.05, 3.63) is 52.1 Å². The monoisotopic (exact) mass is 283 g/mol. The number of H-pyrrole nitrogens is 1. The van der Waals surface area contributed by atoms with Crippen molar-refractivity contribution in [2.75, 3.05) is 5.43 Å². The molecule has 0 aliphatic carbocycles. The highest BCUT2D eigenvalue weighted by Crippen LogP contribution is 2.28. The molecule has 0 amide bonds. The molecule has 0 radical (unpaired) electrons. The van der Waals surface area contributed by atoms with Crippen LogP contribution in [-0.2, 0) is 6.18 Å². The summed E-state index contributed by atoms with van der Waals surface area (Å²) in [5.74, 6) is 0.122. The predicted octanol–water partition coefficient (Wildman–Crippen LogP) is 1.63. The fourth-order valence-electron chi connectivity index (χ4n) is 1.30. The van der Waals surface area contributed by atoms with E-state index >= 15 is 0 Å². The number of hydrogen-bond acceptors (Lipinski definition) is 5. The van der Waals surface area contributed by atoms with E-state index in [-0.39, 0.29) is 5.82 Å². The molecule has 2 N–H and O–H groups in total. The van der Waals surface area contributed by atoms with Crippen molar-refractivity contribution in [2.24, 2.45) is 5.10 Å². The molecular weight excluding hydrogens is 275 g/mol. The molecule has 0 saturated carbocycles. The van der Waals surface area contributed by atoms with Gasteiger partial charge in [0.1, 0.15) is 0 Å². The Morgan fingerprint density at radius 1 is 1.25 bits per heavy atom. The summed E-state index contributed by atoms with van der Waals surface area (Å²) in [5.41, 5.74) is 1.52. The Kier molecular flexibility index (Phi) is 3.78. The van der Waals surface area contributed by atoms with E-state index in [1.54, 1.807) is 0 Å². The van der Waals surface area contributed by atoms with Crippen LogP contribution in [0.25, 0.3) is 0 Å². The van der Waals surface area contributed by atoms with Crippen molar-refractivity contribution in [1.29, 1.82) is 0 Å². The lowest BCUT2D eigenvalue weighted by molar-refractivity contribution is -0.137. The molecule has 2 aromatic rings. The number of alkyl halides is 3. The lowest BCUT2D eigenvalue weighted by Gasteiger charge is -2.05. The van der Waals surface area contributed by atoms with Gasteiger partial charge in [-0.1, -0.05) is 12.1 Å². The molecule has 6 nitrogen and oxygen atoms in total. The molecule has 0 atom stereocenters. The van der Waals surface area contributed by atoms with Crippen LogP contribution in [0.3, 0.4) is 0 Å². The molecule has 1 aromatic heterocycles. The van der Waals surface area contributed by atoms with Crippen LogP contribution in [0.15, 0.2) is 40.4 Å². The van der Waals surface area contributed by atoms with E-state index in [9.17, 15) is 18.0 Å². The minimum atomic E-state index is -4.37. The van der Waals surface area contributed by atoms with Crippen molar-refractivity contribution in [1.82, 2.24) is 15.2 Å². The lowest BCUT2D eigenvalue weighted by atomic mass is 10.1. The van der Waals surface area contributed by atoms with Crippen LogP contribution in [-0.4, -0.2) is 21.4 Å². The van der Waals surface area contributed by atoms with Gasteiger partial charge in [0.15, 0.2) is 5.82 Å². The maximum absolute atomic E-state index is 12.3. The van der Waals surface area contributed by atoms with Crippen molar-refractivity contribution >= 4 is 12.0 Å². The summed E-state index contributed by atoms with van der Waals surface area (Å²) >= 11 is 0. The molecule has 1 heterocycles. The minimum Gasteiger partial charge on any atom is -0.260 e. The third kappa shape index (κ3) is 3.64. The van der Waals surface area contributed by atoms with Gasteiger partial charge in [-0.3, -0.25) is 5.43 Å². The molecule has 0 spiro atoms. The Hall–Kier alpha value is -2.71. The van der Waals surface area contributed by atoms with E-state index in [1.165, 1.54) is 24.5 Å². The molecule has 104 valence electrons. The highest BCUT2D eigenvalue weighted by Gasteiger charge is 2.29. The van der Waals surface area contributed by atoms with E-state index < -0.39 is 17.4 Å². The maximum atomic E-state index is 12.3. The molecule has 1 aromatic carbocycles. The van der Waals surface area contributed by atoms with E-state index in [4.69, 9.17) is 0 Å². The third-order valence-corrected chi connectivity index (χ3v) is 2.20. The van der Waals surface area contributed by atoms with Gasteiger partial charge in [0.05, 0.1) is 18.0 Å². The number of nitrogens with zero attached hydrogens (tertiary/aromatic N) is 3. The maximum Gasteiger partial charge on any atom is 0.416 e. The number of nitrogens with one attached hydrogen (secondary N) is 2. The quantitative estimate of drug-likeness (QED) is 0.662. The molecular formula is C11H8F3N5O. The molecule has 9 heteroatoms. The second-order valence-corrected chi connectivity index (χ2v) is 3.66. The number of hydrazone groups is 1. The lowest BCUT2D eigenvalue weighted by Crippen LogP contribution is -2.13. The summed E-state index contributed by atoms with van der Waals surface area (Å²) in [6.07, 6.45) is -1.83. The number of rotatable bonds is 3. The first-order valence-electron chi connectivity index (χ1n) is 5.33. The van der Waals surface area contributed by atoms with Gasteiger partial charge < -0.3 is 0 Å². The summed E-state index contributed by atoms with van der Waals surface area (Å²) in [4.78, 5) is 14.3. The van der Waals surface area contributed by atoms with Gasteiger partial charge in [0.2, 0.25) is 0 Å². The molecule has 0 aliphatic rings. The Bertz CT molecular complexity index is 663. The zero-order valence-corrected chi connectivity index (χ0v) is 9.85. The van der Waals surface area contributed by atoms with E-state index in [0.717, 1.165) is 12.1 Å². The molecule has 0 unspecified atom stereocenters. The zero-order chi connectivity index (χ0) is 14.6. The van der Waals surface area contributed by atoms with E-state index in [0.29, 0.717) is 5.56 Å². The molecule has 0 saturated heterocycles. The number of hydrogen-bond donors (Lipinski definition) is 2. The van der Waals surface area contributed by atoms with Crippen molar-refractivity contribution in [3.8, 4) is 0 Å². The van der Waals surface area contributed by atoms with Crippen LogP contribution in [0.1, 0.15) is 11.1 Å². The van der Waals surface area contributed by atoms with Crippen LogP contribution < -0.4 is 11.1 Å². The van der Waals surface area contributed by atoms with Gasteiger partial charge in [0, 0.05) is 0 Å². The summed E-state index contributed by atoms with van der Waals surface area (Å²) in [6, 6.07) is 4.46. The van der Waals surface area contributed by atoms with Gasteiger partial charge >= 0.3 is 11.9 Å². The normalized spacial score (nSPS) is 11.8. The van der Waals surface area contributed by atoms with Gasteiger partial charge in [-0.25, -0.2) is 9.89 Å². The van der Waals surface area contributed by atoms with Crippen LogP contribution in [0.5, 0.6) is 0 Å². The summed E-state index contributed by atoms with van der Waals surface area (Å²) in [6.45, 7) is 0. The average molecular weight is 283 g/mol. The topological polar surface area (TPSA) is 83.0 Å². The van der Waals surface area contributed by atoms with Crippen LogP contribution in [0.4, 0.5) is 19.0 Å². The first-order valence-corrected chi connectivity index (χ1v) is 5.33. The largest absolute Gasteiger partial charge is 0.416 e. The standard InChI is InChI=1S/C11H8F3N5O/c12-11(13,14)8-3-1-7(2-4-8)5-15-18-9-6-16-19-10(20)17-9/h1-6H,(H2,17,18,19,20)/b15-5+. The number of halogens is 3. The highest BCUT2D eigenvalue weighted by atomic mass is 19.4. The summed E-state index contributed by atoms with van der Waals surface area (Å²) in [7, 11) is 0. The SMILES string of the molecule is O=c1nc(N/N=C/c2ccc(C(F)(F)F)cc2)cn[nH]1. The number of aromatic nitrogens is 3. The van der Waals surface area contributed by atoms with Gasteiger partial charge in [0.25, 0.3) is 0 Å². The van der Waals surface area contributed by atoms with Crippen LogP contribution in [0, 0.1) is 0 Å². The average Bonchev–Trinajstić information content (AvgIpc) is 2.38. The van der Waals surface area contributed by atoms with Gasteiger partial charge in [-0.2, -0.15) is 28.4 Å². The van der Waals surface area contributed by atoms with Gasteiger partial charge in [-0.15, -0.1) is 0 Å². The van der Waals surface area contributed by atoms with Gasteiger partial charge in [-0.05, 0) is 17.7 Å². The fraction of sp³-hybridized carbons (Fsp3) is 0.0909. The van der Waals surface area contributed by atoms with E-state index in [2.05, 4.69) is 25.7 Å². The molecule has 0 aliphatic heterocycles. The Balaban J connectivity index is 2.03. The predicted molar refractivity (Wildman–Crippen MR) is 65.3 cm³/mol. The summed E-state index contributed by atoms with van der Waals surface area (Å²) in [5, 5.41) is 9.31. The minimum absolute atomic E-state index is 0.122. The molecule has 20 heavy (non-hydrogen) atoms. The van der Waals surface area contributed by atoms with Crippen molar-refractivity contribution < 1.29 is 13.2 Å². The Labute approximate surface area is 110 Å². The third-order valence-electron chi connectivity index (χ3n) is 2.20. The number of anilines is 1. The summed E-state index contributed by atoms with van der Waals surface area (Å²) < 4.78 is 37.0.